The minimum absolute atomic E-state index is 0.0383. The second-order valence-electron chi connectivity index (χ2n) is 7.74. The fourth-order valence-electron chi connectivity index (χ4n) is 3.89. The van der Waals surface area contributed by atoms with E-state index in [0.717, 1.165) is 43.9 Å². The topological polar surface area (TPSA) is 67.8 Å². The van der Waals surface area contributed by atoms with Gasteiger partial charge >= 0.3 is 6.61 Å². The Labute approximate surface area is 162 Å². The number of carbonyl (C=O) groups is 1. The van der Waals surface area contributed by atoms with Crippen molar-refractivity contribution in [1.82, 2.24) is 5.32 Å². The van der Waals surface area contributed by atoms with Crippen molar-refractivity contribution in [2.75, 3.05) is 0 Å². The van der Waals surface area contributed by atoms with E-state index < -0.39 is 12.4 Å². The monoisotopic (exact) mass is 401 g/mol. The van der Waals surface area contributed by atoms with Crippen molar-refractivity contribution in [1.29, 1.82) is 0 Å². The first kappa shape index (κ1) is 20.8. The number of nitrogens with one attached hydrogen (secondary N) is 1. The number of aliphatic hydroxyl groups is 1. The Kier molecular flexibility index (Phi) is 6.69. The van der Waals surface area contributed by atoms with Crippen molar-refractivity contribution in [3.63, 3.8) is 0 Å². The maximum atomic E-state index is 13.4. The zero-order valence-electron chi connectivity index (χ0n) is 15.7. The van der Waals surface area contributed by atoms with Crippen LogP contribution in [0.15, 0.2) is 18.2 Å². The van der Waals surface area contributed by atoms with Gasteiger partial charge in [0.2, 0.25) is 5.91 Å². The molecule has 1 aromatic rings. The van der Waals surface area contributed by atoms with Gasteiger partial charge < -0.3 is 19.9 Å². The van der Waals surface area contributed by atoms with Crippen molar-refractivity contribution < 1.29 is 32.5 Å². The Hall–Kier alpha value is -1.96. The lowest BCUT2D eigenvalue weighted by atomic mass is 9.80. The first-order chi connectivity index (χ1) is 13.3. The minimum Gasteiger partial charge on any atom is -0.486 e. The van der Waals surface area contributed by atoms with Crippen LogP contribution in [0.4, 0.5) is 13.2 Å². The summed E-state index contributed by atoms with van der Waals surface area (Å²) in [6.07, 6.45) is 3.72. The zero-order valence-corrected chi connectivity index (χ0v) is 15.7. The molecule has 5 nitrogen and oxygen atoms in total. The molecule has 0 heterocycles. The molecule has 156 valence electrons. The third-order valence-electron chi connectivity index (χ3n) is 5.68. The molecule has 0 bridgehead atoms. The number of hydrogen-bond acceptors (Lipinski definition) is 4. The molecule has 1 unspecified atom stereocenters. The van der Waals surface area contributed by atoms with Crippen LogP contribution in [-0.4, -0.2) is 35.9 Å². The number of benzene rings is 1. The van der Waals surface area contributed by atoms with Crippen molar-refractivity contribution in [2.24, 2.45) is 11.8 Å². The van der Waals surface area contributed by atoms with Crippen LogP contribution in [0.5, 0.6) is 11.5 Å². The van der Waals surface area contributed by atoms with E-state index in [4.69, 9.17) is 4.74 Å². The zero-order chi connectivity index (χ0) is 20.3. The summed E-state index contributed by atoms with van der Waals surface area (Å²) in [6, 6.07) is 3.25. The molecule has 3 rings (SSSR count). The van der Waals surface area contributed by atoms with Crippen molar-refractivity contribution in [2.45, 2.75) is 70.3 Å². The molecular weight excluding hydrogens is 375 g/mol. The SMILES string of the molecule is CC(O)C1CCC(NC(=O)C2CC(Oc3cc(F)ccc3OC(F)F)C2)CC1. The number of carbonyl (C=O) groups excluding carboxylic acids is 1. The Morgan fingerprint density at radius 3 is 2.46 bits per heavy atom. The Bertz CT molecular complexity index is 671. The standard InChI is InChI=1S/C20H26F3NO4/c1-11(25)12-2-5-15(6-3-12)24-19(26)13-8-16(9-13)27-18-10-14(21)4-7-17(18)28-20(22)23/h4,7,10-13,15-16,20,25H,2-3,5-6,8-9H2,1H3,(H,24,26). The van der Waals surface area contributed by atoms with Gasteiger partial charge in [0.15, 0.2) is 11.5 Å². The molecule has 0 aliphatic heterocycles. The van der Waals surface area contributed by atoms with Crippen LogP contribution in [-0.2, 0) is 4.79 Å². The van der Waals surface area contributed by atoms with E-state index in [2.05, 4.69) is 10.1 Å². The summed E-state index contributed by atoms with van der Waals surface area (Å²) in [5.41, 5.74) is 0. The van der Waals surface area contributed by atoms with Crippen LogP contribution >= 0.6 is 0 Å². The highest BCUT2D eigenvalue weighted by molar-refractivity contribution is 5.80. The summed E-state index contributed by atoms with van der Waals surface area (Å²) in [6.45, 7) is -1.23. The normalized spacial score (nSPS) is 28.4. The molecule has 0 spiro atoms. The van der Waals surface area contributed by atoms with Crippen molar-refractivity contribution >= 4 is 5.91 Å². The summed E-state index contributed by atoms with van der Waals surface area (Å²) in [5, 5.41) is 12.7. The summed E-state index contributed by atoms with van der Waals surface area (Å²) in [7, 11) is 0. The highest BCUT2D eigenvalue weighted by Gasteiger charge is 2.38. The second kappa shape index (κ2) is 9.03. The molecule has 1 amide bonds. The first-order valence-electron chi connectivity index (χ1n) is 9.71. The van der Waals surface area contributed by atoms with Crippen LogP contribution in [0.2, 0.25) is 0 Å². The van der Waals surface area contributed by atoms with Crippen molar-refractivity contribution in [3.05, 3.63) is 24.0 Å². The number of amides is 1. The van der Waals surface area contributed by atoms with E-state index in [1.807, 2.05) is 0 Å². The van der Waals surface area contributed by atoms with Crippen molar-refractivity contribution in [3.8, 4) is 11.5 Å². The Morgan fingerprint density at radius 1 is 1.18 bits per heavy atom. The summed E-state index contributed by atoms with van der Waals surface area (Å²) >= 11 is 0. The van der Waals surface area contributed by atoms with Gasteiger partial charge in [-0.15, -0.1) is 0 Å². The van der Waals surface area contributed by atoms with Gasteiger partial charge in [-0.3, -0.25) is 4.79 Å². The predicted octanol–water partition coefficient (Wildman–Crippen LogP) is 3.64. The van der Waals surface area contributed by atoms with E-state index in [-0.39, 0.29) is 41.6 Å². The van der Waals surface area contributed by atoms with E-state index in [0.29, 0.717) is 18.8 Å². The smallest absolute Gasteiger partial charge is 0.387 e. The predicted molar refractivity (Wildman–Crippen MR) is 95.7 cm³/mol. The molecule has 8 heteroatoms. The molecule has 0 aromatic heterocycles. The van der Waals surface area contributed by atoms with Crippen LogP contribution < -0.4 is 14.8 Å². The molecule has 2 aliphatic rings. The molecule has 0 radical (unpaired) electrons. The second-order valence-corrected chi connectivity index (χ2v) is 7.74. The third kappa shape index (κ3) is 5.31. The van der Waals surface area contributed by atoms with Crippen LogP contribution in [0, 0.1) is 17.7 Å². The Morgan fingerprint density at radius 2 is 1.86 bits per heavy atom. The van der Waals surface area contributed by atoms with E-state index in [9.17, 15) is 23.1 Å². The lowest BCUT2D eigenvalue weighted by molar-refractivity contribution is -0.131. The number of alkyl halides is 2. The van der Waals surface area contributed by atoms with Gasteiger partial charge in [-0.05, 0) is 63.5 Å². The summed E-state index contributed by atoms with van der Waals surface area (Å²) in [5.74, 6) is -0.862. The fourth-order valence-corrected chi connectivity index (χ4v) is 3.89. The average molecular weight is 401 g/mol. The largest absolute Gasteiger partial charge is 0.486 e. The minimum atomic E-state index is -3.03. The molecule has 2 saturated carbocycles. The third-order valence-corrected chi connectivity index (χ3v) is 5.68. The van der Waals surface area contributed by atoms with Gasteiger partial charge in [-0.1, -0.05) is 0 Å². The highest BCUT2D eigenvalue weighted by Crippen LogP contribution is 2.37. The molecule has 2 aliphatic carbocycles. The summed E-state index contributed by atoms with van der Waals surface area (Å²) in [4.78, 5) is 12.4. The lowest BCUT2D eigenvalue weighted by Gasteiger charge is -2.37. The van der Waals surface area contributed by atoms with Crippen LogP contribution in [0.25, 0.3) is 0 Å². The molecule has 1 aromatic carbocycles. The summed E-state index contributed by atoms with van der Waals surface area (Å²) < 4.78 is 48.2. The van der Waals surface area contributed by atoms with Gasteiger partial charge in [0.25, 0.3) is 0 Å². The maximum absolute atomic E-state index is 13.4. The molecule has 2 fully saturated rings. The number of aliphatic hydroxyl groups excluding tert-OH is 1. The van der Waals surface area contributed by atoms with Gasteiger partial charge in [0, 0.05) is 18.0 Å². The fraction of sp³-hybridized carbons (Fsp3) is 0.650. The quantitative estimate of drug-likeness (QED) is 0.732. The van der Waals surface area contributed by atoms with Gasteiger partial charge in [-0.25, -0.2) is 4.39 Å². The average Bonchev–Trinajstić information content (AvgIpc) is 2.59. The molecule has 0 saturated heterocycles. The van der Waals surface area contributed by atoms with Gasteiger partial charge in [-0.2, -0.15) is 8.78 Å². The first-order valence-corrected chi connectivity index (χ1v) is 9.71. The number of rotatable bonds is 7. The van der Waals surface area contributed by atoms with Gasteiger partial charge in [0.05, 0.1) is 6.10 Å². The van der Waals surface area contributed by atoms with Crippen LogP contribution in [0.3, 0.4) is 0 Å². The lowest BCUT2D eigenvalue weighted by Crippen LogP contribution is -2.47. The molecular formula is C20H26F3NO4. The van der Waals surface area contributed by atoms with E-state index in [1.54, 1.807) is 6.92 Å². The number of ether oxygens (including phenoxy) is 2. The van der Waals surface area contributed by atoms with Gasteiger partial charge in [0.1, 0.15) is 11.9 Å². The molecule has 2 N–H and O–H groups in total. The maximum Gasteiger partial charge on any atom is 0.387 e. The highest BCUT2D eigenvalue weighted by atomic mass is 19.3. The number of halogens is 3. The number of hydrogen-bond donors (Lipinski definition) is 2. The van der Waals surface area contributed by atoms with Crippen LogP contribution in [0.1, 0.15) is 45.4 Å². The molecule has 28 heavy (non-hydrogen) atoms. The Balaban J connectivity index is 1.45. The molecule has 1 atom stereocenters. The van der Waals surface area contributed by atoms with E-state index >= 15 is 0 Å². The van der Waals surface area contributed by atoms with E-state index in [1.165, 1.54) is 0 Å².